The van der Waals surface area contributed by atoms with Crippen LogP contribution in [0.3, 0.4) is 0 Å². The molecule has 3 heterocycles. The molecule has 5 nitrogen and oxygen atoms in total. The van der Waals surface area contributed by atoms with E-state index in [0.29, 0.717) is 11.1 Å². The highest BCUT2D eigenvalue weighted by atomic mass is 16.3. The Morgan fingerprint density at radius 2 is 1.08 bits per heavy atom. The van der Waals surface area contributed by atoms with Crippen LogP contribution in [0.25, 0.3) is 88.1 Å². The molecule has 0 radical (unpaired) electrons. The van der Waals surface area contributed by atoms with Crippen LogP contribution in [0.2, 0.25) is 0 Å². The van der Waals surface area contributed by atoms with E-state index in [1.165, 1.54) is 10.8 Å². The molecule has 0 saturated heterocycles. The van der Waals surface area contributed by atoms with Crippen LogP contribution >= 0.6 is 0 Å². The topological polar surface area (TPSA) is 70.6 Å². The lowest BCUT2D eigenvalue weighted by Gasteiger charge is -2.18. The highest BCUT2D eigenvalue weighted by Gasteiger charge is 2.23. The summed E-state index contributed by atoms with van der Waals surface area (Å²) in [5, 5.41) is 27.6. The van der Waals surface area contributed by atoms with Crippen molar-refractivity contribution in [1.82, 2.24) is 9.13 Å². The first-order chi connectivity index (χ1) is 24.2. The normalized spacial score (nSPS) is 11.6. The van der Waals surface area contributed by atoms with Gasteiger partial charge < -0.3 is 13.6 Å². The number of benzene rings is 7. The van der Waals surface area contributed by atoms with Gasteiger partial charge in [-0.3, -0.25) is 0 Å². The second kappa shape index (κ2) is 10.2. The minimum Gasteiger partial charge on any atom is -0.455 e. The molecule has 0 aliphatic carbocycles. The smallest absolute Gasteiger partial charge is 0.145 e. The Kier molecular flexibility index (Phi) is 5.64. The van der Waals surface area contributed by atoms with E-state index in [-0.39, 0.29) is 0 Å². The molecule has 0 fully saturated rings. The predicted octanol–water partition coefficient (Wildman–Crippen LogP) is 11.2. The maximum atomic E-state index is 10.6. The minimum atomic E-state index is 0.510. The molecule has 226 valence electrons. The third-order valence-electron chi connectivity index (χ3n) is 9.81. The fraction of sp³-hybridized carbons (Fsp3) is 0. The number of aromatic nitrogens is 2. The van der Waals surface area contributed by atoms with Crippen LogP contribution in [0.5, 0.6) is 0 Å². The molecule has 10 rings (SSSR count). The number of fused-ring (bicyclic) bond motifs is 10. The van der Waals surface area contributed by atoms with Crippen LogP contribution in [-0.2, 0) is 0 Å². The lowest BCUT2D eigenvalue weighted by atomic mass is 9.95. The Hall–Kier alpha value is -7.08. The van der Waals surface area contributed by atoms with Gasteiger partial charge in [0.05, 0.1) is 50.3 Å². The molecule has 0 amide bonds. The summed E-state index contributed by atoms with van der Waals surface area (Å²) >= 11 is 0. The first-order valence-electron chi connectivity index (χ1n) is 16.1. The molecule has 0 atom stereocenters. The predicted molar refractivity (Wildman–Crippen MR) is 197 cm³/mol. The van der Waals surface area contributed by atoms with Crippen molar-refractivity contribution in [2.75, 3.05) is 0 Å². The lowest BCUT2D eigenvalue weighted by molar-refractivity contribution is 0.673. The Bertz CT molecular complexity index is 3030. The van der Waals surface area contributed by atoms with Gasteiger partial charge in [-0.25, -0.2) is 0 Å². The van der Waals surface area contributed by atoms with E-state index in [2.05, 4.69) is 106 Å². The molecular weight excluding hydrogens is 601 g/mol. The van der Waals surface area contributed by atoms with Crippen LogP contribution in [0, 0.1) is 22.7 Å². The van der Waals surface area contributed by atoms with Gasteiger partial charge in [-0.1, -0.05) is 84.9 Å². The number of rotatable bonds is 3. The minimum absolute atomic E-state index is 0.510. The fourth-order valence-corrected chi connectivity index (χ4v) is 7.76. The van der Waals surface area contributed by atoms with E-state index in [1.807, 2.05) is 60.7 Å². The third-order valence-corrected chi connectivity index (χ3v) is 9.81. The third kappa shape index (κ3) is 3.73. The second-order valence-electron chi connectivity index (χ2n) is 12.3. The number of para-hydroxylation sites is 5. The Morgan fingerprint density at radius 1 is 0.449 bits per heavy atom. The lowest BCUT2D eigenvalue weighted by Crippen LogP contribution is -2.02. The average molecular weight is 625 g/mol. The van der Waals surface area contributed by atoms with Crippen molar-refractivity contribution in [3.8, 4) is 34.6 Å². The maximum absolute atomic E-state index is 10.6. The molecule has 49 heavy (non-hydrogen) atoms. The van der Waals surface area contributed by atoms with Crippen molar-refractivity contribution < 1.29 is 4.42 Å². The van der Waals surface area contributed by atoms with Crippen LogP contribution in [0.4, 0.5) is 0 Å². The van der Waals surface area contributed by atoms with E-state index < -0.39 is 0 Å². The molecule has 0 spiro atoms. The van der Waals surface area contributed by atoms with Crippen LogP contribution in [-0.4, -0.2) is 9.13 Å². The summed E-state index contributed by atoms with van der Waals surface area (Å²) in [5.41, 5.74) is 9.95. The van der Waals surface area contributed by atoms with Crippen molar-refractivity contribution in [3.63, 3.8) is 0 Å². The summed E-state index contributed by atoms with van der Waals surface area (Å²) in [6.45, 7) is 0. The summed E-state index contributed by atoms with van der Waals surface area (Å²) < 4.78 is 11.0. The zero-order valence-electron chi connectivity index (χ0n) is 26.1. The van der Waals surface area contributed by atoms with Crippen molar-refractivity contribution in [3.05, 3.63) is 157 Å². The number of furan rings is 1. The van der Waals surface area contributed by atoms with Gasteiger partial charge in [0.2, 0.25) is 0 Å². The van der Waals surface area contributed by atoms with E-state index in [1.54, 1.807) is 0 Å². The fourth-order valence-electron chi connectivity index (χ4n) is 7.76. The molecule has 0 aliphatic rings. The zero-order valence-corrected chi connectivity index (χ0v) is 26.1. The quantitative estimate of drug-likeness (QED) is 0.196. The monoisotopic (exact) mass is 624 g/mol. The van der Waals surface area contributed by atoms with Gasteiger partial charge >= 0.3 is 0 Å². The van der Waals surface area contributed by atoms with Crippen molar-refractivity contribution in [1.29, 1.82) is 10.5 Å². The maximum Gasteiger partial charge on any atom is 0.145 e. The SMILES string of the molecule is N#Cc1ccc(-n2c3ccccc3c3ccccc32)cc1-c1cccc(C#N)c1-n1c2ccccc2c2c3oc4ccccc4c3ccc21. The summed E-state index contributed by atoms with van der Waals surface area (Å²) in [7, 11) is 0. The van der Waals surface area contributed by atoms with Gasteiger partial charge in [-0.15, -0.1) is 0 Å². The van der Waals surface area contributed by atoms with Gasteiger partial charge in [-0.2, -0.15) is 10.5 Å². The van der Waals surface area contributed by atoms with Crippen LogP contribution < -0.4 is 0 Å². The van der Waals surface area contributed by atoms with E-state index >= 15 is 0 Å². The van der Waals surface area contributed by atoms with E-state index in [0.717, 1.165) is 77.3 Å². The van der Waals surface area contributed by atoms with Crippen molar-refractivity contribution in [2.45, 2.75) is 0 Å². The Balaban J connectivity index is 1.31. The Morgan fingerprint density at radius 3 is 1.80 bits per heavy atom. The molecule has 3 aromatic heterocycles. The molecule has 0 aliphatic heterocycles. The standard InChI is InChI=1S/C44H24N4O/c45-25-27-20-21-29(47-37-16-5-1-11-30(37)31-12-2-6-17-38(31)47)24-36(27)33-15-9-10-28(26-46)43(33)48-39-18-7-3-14-35(39)42-40(48)23-22-34-32-13-4-8-19-41(32)49-44(34)42/h1-24H. The highest BCUT2D eigenvalue weighted by molar-refractivity contribution is 6.24. The summed E-state index contributed by atoms with van der Waals surface area (Å²) in [4.78, 5) is 0. The van der Waals surface area contributed by atoms with Gasteiger partial charge in [0, 0.05) is 43.7 Å². The Labute approximate surface area is 280 Å². The number of hydrogen-bond acceptors (Lipinski definition) is 3. The molecule has 10 aromatic rings. The second-order valence-corrected chi connectivity index (χ2v) is 12.3. The van der Waals surface area contributed by atoms with Gasteiger partial charge in [0.25, 0.3) is 0 Å². The number of hydrogen-bond donors (Lipinski definition) is 0. The molecule has 0 N–H and O–H groups in total. The number of nitriles is 2. The molecule has 7 aromatic carbocycles. The summed E-state index contributed by atoms with van der Waals surface area (Å²) in [5.74, 6) is 0. The van der Waals surface area contributed by atoms with Crippen molar-refractivity contribution in [2.24, 2.45) is 0 Å². The first-order valence-corrected chi connectivity index (χ1v) is 16.1. The highest BCUT2D eigenvalue weighted by Crippen LogP contribution is 2.43. The van der Waals surface area contributed by atoms with E-state index in [4.69, 9.17) is 4.42 Å². The van der Waals surface area contributed by atoms with Gasteiger partial charge in [0.15, 0.2) is 0 Å². The van der Waals surface area contributed by atoms with Crippen molar-refractivity contribution >= 4 is 65.6 Å². The van der Waals surface area contributed by atoms with Crippen LogP contribution in [0.15, 0.2) is 150 Å². The molecule has 0 saturated carbocycles. The van der Waals surface area contributed by atoms with E-state index in [9.17, 15) is 10.5 Å². The molecule has 5 heteroatoms. The average Bonchev–Trinajstić information content (AvgIpc) is 3.82. The largest absolute Gasteiger partial charge is 0.455 e. The summed E-state index contributed by atoms with van der Waals surface area (Å²) in [6.07, 6.45) is 0. The molecule has 0 bridgehead atoms. The first kappa shape index (κ1) is 27.1. The molecule has 0 unspecified atom stereocenters. The van der Waals surface area contributed by atoms with Crippen LogP contribution in [0.1, 0.15) is 11.1 Å². The number of nitrogens with zero attached hydrogens (tertiary/aromatic N) is 4. The zero-order chi connectivity index (χ0) is 32.6. The molecular formula is C44H24N4O. The summed E-state index contributed by atoms with van der Waals surface area (Å²) in [6, 6.07) is 54.0. The van der Waals surface area contributed by atoms with Gasteiger partial charge in [-0.05, 0) is 60.7 Å². The van der Waals surface area contributed by atoms with Gasteiger partial charge in [0.1, 0.15) is 17.2 Å².